The van der Waals surface area contributed by atoms with E-state index in [1.54, 1.807) is 12.1 Å². The molecule has 1 unspecified atom stereocenters. The van der Waals surface area contributed by atoms with Gasteiger partial charge in [-0.25, -0.2) is 0 Å². The molecule has 0 amide bonds. The maximum atomic E-state index is 10.6. The van der Waals surface area contributed by atoms with E-state index in [-0.39, 0.29) is 10.7 Å². The summed E-state index contributed by atoms with van der Waals surface area (Å²) in [7, 11) is 0. The van der Waals surface area contributed by atoms with Gasteiger partial charge in [0.25, 0.3) is 5.69 Å². The smallest absolute Gasteiger partial charge is 0.287 e. The Bertz CT molecular complexity index is 389. The van der Waals surface area contributed by atoms with Crippen LogP contribution in [0.1, 0.15) is 24.4 Å². The van der Waals surface area contributed by atoms with Crippen molar-refractivity contribution in [3.8, 4) is 0 Å². The number of hydrogen-bond acceptors (Lipinski definition) is 3. The fraction of sp³-hybridized carbons (Fsp3) is 0.400. The van der Waals surface area contributed by atoms with E-state index in [0.717, 1.165) is 24.9 Å². The molecular weight excluding hydrogens is 216 g/mol. The molecular formula is C10H11ClN2O2. The topological polar surface area (TPSA) is 55.2 Å². The van der Waals surface area contributed by atoms with Crippen LogP contribution in [-0.4, -0.2) is 11.5 Å². The molecule has 5 heteroatoms. The van der Waals surface area contributed by atoms with E-state index in [1.807, 2.05) is 0 Å². The molecule has 2 rings (SSSR count). The van der Waals surface area contributed by atoms with Crippen LogP contribution >= 0.6 is 11.6 Å². The fourth-order valence-corrected chi connectivity index (χ4v) is 2.12. The van der Waals surface area contributed by atoms with Gasteiger partial charge in [0, 0.05) is 12.1 Å². The molecule has 0 saturated carbocycles. The highest BCUT2D eigenvalue weighted by Gasteiger charge is 2.19. The quantitative estimate of drug-likeness (QED) is 0.623. The lowest BCUT2D eigenvalue weighted by Gasteiger charge is -2.10. The van der Waals surface area contributed by atoms with Gasteiger partial charge in [0.2, 0.25) is 0 Å². The monoisotopic (exact) mass is 226 g/mol. The summed E-state index contributed by atoms with van der Waals surface area (Å²) < 4.78 is 0. The summed E-state index contributed by atoms with van der Waals surface area (Å²) >= 11 is 5.83. The maximum Gasteiger partial charge on any atom is 0.287 e. The number of nitrogens with zero attached hydrogens (tertiary/aromatic N) is 1. The van der Waals surface area contributed by atoms with Crippen LogP contribution in [0, 0.1) is 10.1 Å². The van der Waals surface area contributed by atoms with Gasteiger partial charge in [0.15, 0.2) is 0 Å². The second kappa shape index (κ2) is 4.16. The average molecular weight is 227 g/mol. The molecule has 0 aliphatic carbocycles. The molecule has 1 aliphatic heterocycles. The molecule has 0 aromatic heterocycles. The predicted octanol–water partition coefficient (Wildman–Crippen LogP) is 2.67. The van der Waals surface area contributed by atoms with Crippen molar-refractivity contribution < 1.29 is 4.92 Å². The number of rotatable bonds is 2. The summed E-state index contributed by atoms with van der Waals surface area (Å²) in [6.45, 7) is 0.999. The summed E-state index contributed by atoms with van der Waals surface area (Å²) in [5.41, 5.74) is 1.00. The zero-order valence-corrected chi connectivity index (χ0v) is 8.83. The van der Waals surface area contributed by atoms with Crippen LogP contribution in [0.2, 0.25) is 5.02 Å². The first kappa shape index (κ1) is 10.4. The van der Waals surface area contributed by atoms with Gasteiger partial charge >= 0.3 is 0 Å². The van der Waals surface area contributed by atoms with E-state index in [0.29, 0.717) is 6.04 Å². The molecule has 1 atom stereocenters. The third kappa shape index (κ3) is 2.11. The van der Waals surface area contributed by atoms with Crippen LogP contribution in [-0.2, 0) is 0 Å². The first-order chi connectivity index (χ1) is 7.18. The van der Waals surface area contributed by atoms with Crippen molar-refractivity contribution in [3.05, 3.63) is 38.9 Å². The van der Waals surface area contributed by atoms with Crippen molar-refractivity contribution in [3.63, 3.8) is 0 Å². The largest absolute Gasteiger partial charge is 0.310 e. The summed E-state index contributed by atoms with van der Waals surface area (Å²) in [6.07, 6.45) is 2.20. The molecule has 1 aromatic carbocycles. The Morgan fingerprint density at radius 1 is 1.53 bits per heavy atom. The first-order valence-corrected chi connectivity index (χ1v) is 5.23. The lowest BCUT2D eigenvalue weighted by atomic mass is 10.1. The van der Waals surface area contributed by atoms with Crippen molar-refractivity contribution in [1.82, 2.24) is 5.32 Å². The third-order valence-electron chi connectivity index (χ3n) is 2.63. The minimum Gasteiger partial charge on any atom is -0.310 e. The SMILES string of the molecule is O=[N+]([O-])c1ccc(C2CCCN2)cc1Cl. The van der Waals surface area contributed by atoms with Crippen LogP contribution < -0.4 is 5.32 Å². The van der Waals surface area contributed by atoms with Gasteiger partial charge in [-0.05, 0) is 31.0 Å². The van der Waals surface area contributed by atoms with Crippen molar-refractivity contribution >= 4 is 17.3 Å². The zero-order chi connectivity index (χ0) is 10.8. The standard InChI is InChI=1S/C10H11ClN2O2/c11-8-6-7(9-2-1-5-12-9)3-4-10(8)13(14)15/h3-4,6,9,12H,1-2,5H2. The Morgan fingerprint density at radius 2 is 2.33 bits per heavy atom. The van der Waals surface area contributed by atoms with E-state index < -0.39 is 4.92 Å². The number of halogens is 1. The molecule has 1 N–H and O–H groups in total. The number of hydrogen-bond donors (Lipinski definition) is 1. The molecule has 1 saturated heterocycles. The van der Waals surface area contributed by atoms with Gasteiger partial charge < -0.3 is 5.32 Å². The summed E-state index contributed by atoms with van der Waals surface area (Å²) in [5, 5.41) is 14.1. The summed E-state index contributed by atoms with van der Waals surface area (Å²) in [6, 6.07) is 5.22. The highest BCUT2D eigenvalue weighted by Crippen LogP contribution is 2.30. The summed E-state index contributed by atoms with van der Waals surface area (Å²) in [4.78, 5) is 10.1. The minimum atomic E-state index is -0.464. The Labute approximate surface area is 92.4 Å². The Kier molecular flexibility index (Phi) is 2.88. The Hall–Kier alpha value is -1.13. The molecule has 0 radical (unpaired) electrons. The lowest BCUT2D eigenvalue weighted by molar-refractivity contribution is -0.384. The lowest BCUT2D eigenvalue weighted by Crippen LogP contribution is -2.12. The third-order valence-corrected chi connectivity index (χ3v) is 2.93. The number of nitro benzene ring substituents is 1. The normalized spacial score (nSPS) is 20.5. The minimum absolute atomic E-state index is 0.0292. The van der Waals surface area contributed by atoms with Gasteiger partial charge in [-0.3, -0.25) is 10.1 Å². The molecule has 4 nitrogen and oxygen atoms in total. The molecule has 1 aromatic rings. The number of benzene rings is 1. The van der Waals surface area contributed by atoms with E-state index in [1.165, 1.54) is 6.07 Å². The van der Waals surface area contributed by atoms with Crippen molar-refractivity contribution in [2.24, 2.45) is 0 Å². The molecule has 1 aliphatic rings. The van der Waals surface area contributed by atoms with Crippen LogP contribution in [0.3, 0.4) is 0 Å². The van der Waals surface area contributed by atoms with Crippen LogP contribution in [0.4, 0.5) is 5.69 Å². The summed E-state index contributed by atoms with van der Waals surface area (Å²) in [5.74, 6) is 0. The van der Waals surface area contributed by atoms with Crippen LogP contribution in [0.25, 0.3) is 0 Å². The molecule has 1 heterocycles. The number of nitrogens with one attached hydrogen (secondary N) is 1. The van der Waals surface area contributed by atoms with E-state index >= 15 is 0 Å². The van der Waals surface area contributed by atoms with Crippen molar-refractivity contribution in [2.75, 3.05) is 6.54 Å². The highest BCUT2D eigenvalue weighted by atomic mass is 35.5. The van der Waals surface area contributed by atoms with Crippen LogP contribution in [0.15, 0.2) is 18.2 Å². The van der Waals surface area contributed by atoms with Gasteiger partial charge in [0.1, 0.15) is 5.02 Å². The number of nitro groups is 1. The van der Waals surface area contributed by atoms with Crippen molar-refractivity contribution in [1.29, 1.82) is 0 Å². The van der Waals surface area contributed by atoms with Gasteiger partial charge in [-0.15, -0.1) is 0 Å². The molecule has 0 spiro atoms. The Morgan fingerprint density at radius 3 is 2.87 bits per heavy atom. The highest BCUT2D eigenvalue weighted by molar-refractivity contribution is 6.32. The molecule has 80 valence electrons. The zero-order valence-electron chi connectivity index (χ0n) is 8.07. The van der Waals surface area contributed by atoms with Gasteiger partial charge in [0.05, 0.1) is 4.92 Å². The van der Waals surface area contributed by atoms with Crippen LogP contribution in [0.5, 0.6) is 0 Å². The average Bonchev–Trinajstić information content (AvgIpc) is 2.69. The molecule has 15 heavy (non-hydrogen) atoms. The van der Waals surface area contributed by atoms with Crippen molar-refractivity contribution in [2.45, 2.75) is 18.9 Å². The van der Waals surface area contributed by atoms with Gasteiger partial charge in [-0.1, -0.05) is 17.7 Å². The Balaban J connectivity index is 2.28. The van der Waals surface area contributed by atoms with E-state index in [2.05, 4.69) is 5.32 Å². The second-order valence-corrected chi connectivity index (χ2v) is 4.02. The first-order valence-electron chi connectivity index (χ1n) is 4.85. The van der Waals surface area contributed by atoms with Gasteiger partial charge in [-0.2, -0.15) is 0 Å². The van der Waals surface area contributed by atoms with E-state index in [4.69, 9.17) is 11.6 Å². The fourth-order valence-electron chi connectivity index (χ4n) is 1.86. The van der Waals surface area contributed by atoms with E-state index in [9.17, 15) is 10.1 Å². The maximum absolute atomic E-state index is 10.6. The molecule has 1 fully saturated rings. The second-order valence-electron chi connectivity index (χ2n) is 3.62. The molecule has 0 bridgehead atoms. The predicted molar refractivity (Wildman–Crippen MR) is 58.1 cm³/mol.